The van der Waals surface area contributed by atoms with Gasteiger partial charge >= 0.3 is 6.03 Å². The van der Waals surface area contributed by atoms with Crippen LogP contribution in [0.4, 0.5) is 14.9 Å². The minimum absolute atomic E-state index is 0.0270. The van der Waals surface area contributed by atoms with E-state index in [0.29, 0.717) is 0 Å². The molecule has 3 N–H and O–H groups in total. The number of benzene rings is 1. The van der Waals surface area contributed by atoms with Crippen molar-refractivity contribution in [1.29, 1.82) is 0 Å². The number of aromatic nitrogens is 2. The predicted octanol–water partition coefficient (Wildman–Crippen LogP) is 2.23. The SMILES string of the molecule is CC1c2nn(-c3ccc(F)cc3)c3c2N(C(=O)[C@@H]1NC(=O)NCC(C)(C)O)C(C)CC3. The van der Waals surface area contributed by atoms with Gasteiger partial charge < -0.3 is 20.6 Å². The normalized spacial score (nSPS) is 22.8. The fraction of sp³-hybridized carbons (Fsp3) is 0.500. The number of halogens is 1. The van der Waals surface area contributed by atoms with Crippen LogP contribution in [0.5, 0.6) is 0 Å². The second kappa shape index (κ2) is 7.64. The van der Waals surface area contributed by atoms with Crippen molar-refractivity contribution in [2.24, 2.45) is 0 Å². The van der Waals surface area contributed by atoms with E-state index in [2.05, 4.69) is 10.6 Å². The third kappa shape index (κ3) is 3.89. The third-order valence-corrected chi connectivity index (χ3v) is 5.93. The van der Waals surface area contributed by atoms with Crippen LogP contribution in [0.2, 0.25) is 0 Å². The molecule has 0 bridgehead atoms. The van der Waals surface area contributed by atoms with Gasteiger partial charge in [0.2, 0.25) is 0 Å². The molecule has 0 radical (unpaired) electrons. The fourth-order valence-electron chi connectivity index (χ4n) is 4.27. The Morgan fingerprint density at radius 1 is 1.29 bits per heavy atom. The minimum Gasteiger partial charge on any atom is -0.389 e. The average molecular weight is 429 g/mol. The summed E-state index contributed by atoms with van der Waals surface area (Å²) in [6.07, 6.45) is 1.51. The number of hydrogen-bond donors (Lipinski definition) is 3. The van der Waals surface area contributed by atoms with Gasteiger partial charge in [-0.05, 0) is 57.9 Å². The molecule has 0 saturated heterocycles. The smallest absolute Gasteiger partial charge is 0.315 e. The number of anilines is 1. The molecule has 9 heteroatoms. The highest BCUT2D eigenvalue weighted by Crippen LogP contribution is 2.43. The molecule has 0 spiro atoms. The van der Waals surface area contributed by atoms with Crippen LogP contribution in [0.15, 0.2) is 24.3 Å². The van der Waals surface area contributed by atoms with Gasteiger partial charge in [0, 0.05) is 18.5 Å². The van der Waals surface area contributed by atoms with Gasteiger partial charge in [-0.2, -0.15) is 5.10 Å². The summed E-state index contributed by atoms with van der Waals surface area (Å²) in [6, 6.07) is 4.78. The standard InChI is InChI=1S/C22H28FN5O3/c1-12-5-10-16-19-17(26-28(16)15-8-6-14(23)7-9-15)13(2)18(20(29)27(12)19)25-21(30)24-11-22(3,4)31/h6-9,12-13,18,31H,5,10-11H2,1-4H3,(H2,24,25,30)/t12?,13?,18-/m1/s1. The summed E-state index contributed by atoms with van der Waals surface area (Å²) in [7, 11) is 0. The maximum atomic E-state index is 13.4. The predicted molar refractivity (Wildman–Crippen MR) is 114 cm³/mol. The lowest BCUT2D eigenvalue weighted by atomic mass is 9.87. The number of urea groups is 1. The summed E-state index contributed by atoms with van der Waals surface area (Å²) >= 11 is 0. The molecule has 1 aromatic heterocycles. The zero-order chi connectivity index (χ0) is 22.5. The molecule has 3 amide bonds. The Morgan fingerprint density at radius 2 is 1.97 bits per heavy atom. The van der Waals surface area contributed by atoms with Crippen LogP contribution >= 0.6 is 0 Å². The quantitative estimate of drug-likeness (QED) is 0.694. The number of aliphatic hydroxyl groups is 1. The summed E-state index contributed by atoms with van der Waals surface area (Å²) < 4.78 is 15.2. The van der Waals surface area contributed by atoms with E-state index in [-0.39, 0.29) is 30.2 Å². The topological polar surface area (TPSA) is 99.5 Å². The van der Waals surface area contributed by atoms with E-state index in [4.69, 9.17) is 5.10 Å². The first-order chi connectivity index (χ1) is 14.6. The molecule has 2 aliphatic rings. The van der Waals surface area contributed by atoms with E-state index in [1.165, 1.54) is 12.1 Å². The first kappa shape index (κ1) is 21.3. The van der Waals surface area contributed by atoms with E-state index in [0.717, 1.165) is 35.6 Å². The summed E-state index contributed by atoms with van der Waals surface area (Å²) in [5.41, 5.74) is 2.13. The molecule has 2 aliphatic heterocycles. The first-order valence-corrected chi connectivity index (χ1v) is 10.5. The van der Waals surface area contributed by atoms with Gasteiger partial charge in [-0.25, -0.2) is 13.9 Å². The zero-order valence-corrected chi connectivity index (χ0v) is 18.1. The van der Waals surface area contributed by atoms with Crippen LogP contribution in [-0.4, -0.2) is 51.1 Å². The van der Waals surface area contributed by atoms with E-state index in [9.17, 15) is 19.1 Å². The maximum Gasteiger partial charge on any atom is 0.315 e. The molecule has 0 saturated carbocycles. The van der Waals surface area contributed by atoms with Crippen molar-refractivity contribution in [2.75, 3.05) is 11.4 Å². The van der Waals surface area contributed by atoms with Crippen molar-refractivity contribution in [2.45, 2.75) is 64.1 Å². The second-order valence-corrected chi connectivity index (χ2v) is 9.07. The Bertz CT molecular complexity index is 1010. The highest BCUT2D eigenvalue weighted by Gasteiger charge is 2.46. The summed E-state index contributed by atoms with van der Waals surface area (Å²) in [5.74, 6) is -0.850. The van der Waals surface area contributed by atoms with E-state index in [1.54, 1.807) is 35.6 Å². The molecule has 1 aromatic carbocycles. The van der Waals surface area contributed by atoms with Crippen LogP contribution in [-0.2, 0) is 11.2 Å². The Labute approximate surface area is 180 Å². The van der Waals surface area contributed by atoms with Crippen molar-refractivity contribution in [1.82, 2.24) is 20.4 Å². The summed E-state index contributed by atoms with van der Waals surface area (Å²) in [5, 5.41) is 20.0. The lowest BCUT2D eigenvalue weighted by molar-refractivity contribution is -0.121. The Morgan fingerprint density at radius 3 is 2.61 bits per heavy atom. The Kier molecular flexibility index (Phi) is 5.25. The van der Waals surface area contributed by atoms with Crippen LogP contribution in [0.1, 0.15) is 51.4 Å². The number of nitrogens with zero attached hydrogens (tertiary/aromatic N) is 3. The van der Waals surface area contributed by atoms with Crippen molar-refractivity contribution in [3.8, 4) is 5.69 Å². The lowest BCUT2D eigenvalue weighted by Crippen LogP contribution is -2.59. The Hall–Kier alpha value is -2.94. The van der Waals surface area contributed by atoms with Gasteiger partial charge in [0.15, 0.2) is 0 Å². The highest BCUT2D eigenvalue weighted by atomic mass is 19.1. The van der Waals surface area contributed by atoms with Crippen LogP contribution in [0.3, 0.4) is 0 Å². The molecule has 2 aromatic rings. The van der Waals surface area contributed by atoms with Gasteiger partial charge in [0.25, 0.3) is 5.91 Å². The van der Waals surface area contributed by atoms with E-state index >= 15 is 0 Å². The minimum atomic E-state index is -1.06. The highest BCUT2D eigenvalue weighted by molar-refractivity contribution is 6.03. The first-order valence-electron chi connectivity index (χ1n) is 10.5. The van der Waals surface area contributed by atoms with E-state index in [1.807, 2.05) is 13.8 Å². The maximum absolute atomic E-state index is 13.4. The number of carbonyl (C=O) groups excluding carboxylic acids is 2. The molecule has 166 valence electrons. The summed E-state index contributed by atoms with van der Waals surface area (Å²) in [4.78, 5) is 27.6. The van der Waals surface area contributed by atoms with Gasteiger partial charge in [0.1, 0.15) is 11.9 Å². The number of rotatable bonds is 4. The zero-order valence-electron chi connectivity index (χ0n) is 18.1. The van der Waals surface area contributed by atoms with Gasteiger partial charge in [-0.15, -0.1) is 0 Å². The molecule has 3 heterocycles. The molecule has 0 fully saturated rings. The largest absolute Gasteiger partial charge is 0.389 e. The van der Waals surface area contributed by atoms with E-state index < -0.39 is 17.7 Å². The monoisotopic (exact) mass is 429 g/mol. The third-order valence-electron chi connectivity index (χ3n) is 5.93. The van der Waals surface area contributed by atoms with Crippen LogP contribution in [0.25, 0.3) is 5.69 Å². The van der Waals surface area contributed by atoms with Crippen LogP contribution < -0.4 is 15.5 Å². The molecule has 4 rings (SSSR count). The molecule has 3 atom stereocenters. The molecule has 2 unspecified atom stereocenters. The molecular weight excluding hydrogens is 401 g/mol. The number of amides is 3. The van der Waals surface area contributed by atoms with Crippen molar-refractivity contribution in [3.05, 3.63) is 41.5 Å². The van der Waals surface area contributed by atoms with Gasteiger partial charge in [0.05, 0.1) is 28.4 Å². The average Bonchev–Trinajstić information content (AvgIpc) is 3.08. The number of nitrogens with one attached hydrogen (secondary N) is 2. The van der Waals surface area contributed by atoms with Crippen molar-refractivity contribution < 1.29 is 19.1 Å². The van der Waals surface area contributed by atoms with Crippen molar-refractivity contribution in [3.63, 3.8) is 0 Å². The van der Waals surface area contributed by atoms with Crippen molar-refractivity contribution >= 4 is 17.6 Å². The molecule has 31 heavy (non-hydrogen) atoms. The molecule has 8 nitrogen and oxygen atoms in total. The summed E-state index contributed by atoms with van der Waals surface area (Å²) in [6.45, 7) is 7.09. The second-order valence-electron chi connectivity index (χ2n) is 9.07. The Balaban J connectivity index is 1.69. The number of carbonyl (C=O) groups is 2. The van der Waals surface area contributed by atoms with Gasteiger partial charge in [-0.3, -0.25) is 4.79 Å². The fourth-order valence-corrected chi connectivity index (χ4v) is 4.27. The van der Waals surface area contributed by atoms with Gasteiger partial charge in [-0.1, -0.05) is 6.92 Å². The lowest BCUT2D eigenvalue weighted by Gasteiger charge is -2.41. The van der Waals surface area contributed by atoms with Crippen LogP contribution in [0, 0.1) is 5.82 Å². The molecule has 0 aliphatic carbocycles. The molecular formula is C22H28FN5O3. The number of hydrogen-bond acceptors (Lipinski definition) is 4.